The van der Waals surface area contributed by atoms with E-state index in [4.69, 9.17) is 10.9 Å². The molecule has 0 amide bonds. The van der Waals surface area contributed by atoms with Gasteiger partial charge in [0.25, 0.3) is 0 Å². The molecule has 0 aliphatic rings. The summed E-state index contributed by atoms with van der Waals surface area (Å²) in [5.74, 6) is -0.0198. The van der Waals surface area contributed by atoms with Crippen LogP contribution in [-0.2, 0) is 16.6 Å². The third kappa shape index (κ3) is 3.81. The molecule has 0 fully saturated rings. The summed E-state index contributed by atoms with van der Waals surface area (Å²) in [5.41, 5.74) is 6.75. The molecule has 21 heavy (non-hydrogen) atoms. The predicted octanol–water partition coefficient (Wildman–Crippen LogP) is 1.63. The van der Waals surface area contributed by atoms with E-state index in [1.807, 2.05) is 6.92 Å². The smallest absolute Gasteiger partial charge is 0.250 e. The minimum Gasteiger partial charge on any atom is -0.409 e. The maximum Gasteiger partial charge on any atom is 0.250 e. The first-order valence-electron chi connectivity index (χ1n) is 6.05. The molecule has 0 radical (unpaired) electrons. The number of nitrogens with two attached hydrogens (primary N) is 1. The van der Waals surface area contributed by atoms with Crippen molar-refractivity contribution in [3.63, 3.8) is 0 Å². The molecule has 0 atom stereocenters. The molecule has 0 bridgehead atoms. The van der Waals surface area contributed by atoms with Gasteiger partial charge in [0.2, 0.25) is 10.0 Å². The Morgan fingerprint density at radius 1 is 1.38 bits per heavy atom. The maximum absolute atomic E-state index is 12.1. The molecule has 2 rings (SSSR count). The van der Waals surface area contributed by atoms with Gasteiger partial charge in [0.05, 0.1) is 0 Å². The van der Waals surface area contributed by atoms with Gasteiger partial charge in [0, 0.05) is 17.0 Å². The number of nitrogens with zero attached hydrogens (tertiary/aromatic N) is 1. The van der Waals surface area contributed by atoms with Crippen molar-refractivity contribution in [1.29, 1.82) is 0 Å². The van der Waals surface area contributed by atoms with Crippen LogP contribution in [0.3, 0.4) is 0 Å². The van der Waals surface area contributed by atoms with E-state index >= 15 is 0 Å². The highest BCUT2D eigenvalue weighted by Crippen LogP contribution is 2.20. The summed E-state index contributed by atoms with van der Waals surface area (Å²) in [7, 11) is -3.52. The number of benzene rings is 1. The van der Waals surface area contributed by atoms with Crippen molar-refractivity contribution in [2.75, 3.05) is 0 Å². The number of hydrogen-bond donors (Lipinski definition) is 3. The van der Waals surface area contributed by atoms with Crippen molar-refractivity contribution in [3.05, 3.63) is 52.4 Å². The number of hydrogen-bond acceptors (Lipinski definition) is 5. The first-order chi connectivity index (χ1) is 9.92. The molecule has 112 valence electrons. The van der Waals surface area contributed by atoms with Gasteiger partial charge < -0.3 is 10.9 Å². The molecule has 1 aromatic carbocycles. The van der Waals surface area contributed by atoms with Gasteiger partial charge in [0.15, 0.2) is 5.84 Å². The quantitative estimate of drug-likeness (QED) is 0.336. The predicted molar refractivity (Wildman–Crippen MR) is 82.0 cm³/mol. The molecule has 0 aliphatic heterocycles. The van der Waals surface area contributed by atoms with Crippen molar-refractivity contribution < 1.29 is 13.6 Å². The maximum atomic E-state index is 12.1. The Kier molecular flexibility index (Phi) is 4.61. The van der Waals surface area contributed by atoms with E-state index < -0.39 is 10.0 Å². The average Bonchev–Trinajstić information content (AvgIpc) is 2.92. The SMILES string of the molecule is Cc1ccc(S(=O)(=O)NCc2cccc(C(N)=NO)c2)s1. The summed E-state index contributed by atoms with van der Waals surface area (Å²) < 4.78 is 27.0. The summed E-state index contributed by atoms with van der Waals surface area (Å²) in [6, 6.07) is 10.2. The number of amidine groups is 1. The first-order valence-corrected chi connectivity index (χ1v) is 8.35. The Labute approximate surface area is 127 Å². The molecule has 2 aromatic rings. The molecule has 0 aliphatic carbocycles. The minimum atomic E-state index is -3.52. The first kappa shape index (κ1) is 15.5. The molecule has 0 saturated carbocycles. The lowest BCUT2D eigenvalue weighted by molar-refractivity contribution is 0.318. The van der Waals surface area contributed by atoms with E-state index in [0.29, 0.717) is 5.56 Å². The molecule has 8 heteroatoms. The van der Waals surface area contributed by atoms with Gasteiger partial charge in [0.1, 0.15) is 4.21 Å². The van der Waals surface area contributed by atoms with Gasteiger partial charge in [-0.3, -0.25) is 0 Å². The lowest BCUT2D eigenvalue weighted by Crippen LogP contribution is -2.22. The number of aryl methyl sites for hydroxylation is 1. The molecule has 0 saturated heterocycles. The third-order valence-corrected chi connectivity index (χ3v) is 5.67. The van der Waals surface area contributed by atoms with Gasteiger partial charge in [-0.2, -0.15) is 0 Å². The van der Waals surface area contributed by atoms with E-state index in [-0.39, 0.29) is 16.6 Å². The molecule has 1 heterocycles. The highest BCUT2D eigenvalue weighted by atomic mass is 32.2. The third-order valence-electron chi connectivity index (χ3n) is 2.78. The summed E-state index contributed by atoms with van der Waals surface area (Å²) in [4.78, 5) is 0.935. The second-order valence-electron chi connectivity index (χ2n) is 4.38. The van der Waals surface area contributed by atoms with Crippen LogP contribution in [0.2, 0.25) is 0 Å². The second-order valence-corrected chi connectivity index (χ2v) is 7.66. The lowest BCUT2D eigenvalue weighted by atomic mass is 10.1. The molecule has 0 unspecified atom stereocenters. The fourth-order valence-corrected chi connectivity index (χ4v) is 4.05. The van der Waals surface area contributed by atoms with Crippen LogP contribution >= 0.6 is 11.3 Å². The summed E-state index contributed by atoms with van der Waals surface area (Å²) in [5, 5.41) is 11.6. The fourth-order valence-electron chi connectivity index (χ4n) is 1.70. The van der Waals surface area contributed by atoms with Crippen molar-refractivity contribution >= 4 is 27.2 Å². The second kappa shape index (κ2) is 6.25. The van der Waals surface area contributed by atoms with Crippen LogP contribution in [0.1, 0.15) is 16.0 Å². The van der Waals surface area contributed by atoms with Crippen LogP contribution in [0.25, 0.3) is 0 Å². The standard InChI is InChI=1S/C13H15N3O3S2/c1-9-5-6-12(20-9)21(18,19)15-8-10-3-2-4-11(7-10)13(14)16-17/h2-7,15,17H,8H2,1H3,(H2,14,16). The van der Waals surface area contributed by atoms with Gasteiger partial charge in [-0.05, 0) is 30.7 Å². The molecular formula is C13H15N3O3S2. The highest BCUT2D eigenvalue weighted by Gasteiger charge is 2.15. The Hall–Kier alpha value is -1.90. The highest BCUT2D eigenvalue weighted by molar-refractivity contribution is 7.91. The molecule has 6 nitrogen and oxygen atoms in total. The fraction of sp³-hybridized carbons (Fsp3) is 0.154. The zero-order chi connectivity index (χ0) is 15.5. The number of nitrogens with one attached hydrogen (secondary N) is 1. The van der Waals surface area contributed by atoms with Crippen molar-refractivity contribution in [3.8, 4) is 0 Å². The van der Waals surface area contributed by atoms with Gasteiger partial charge in [-0.15, -0.1) is 11.3 Å². The summed E-state index contributed by atoms with van der Waals surface area (Å²) in [6.45, 7) is 1.98. The summed E-state index contributed by atoms with van der Waals surface area (Å²) >= 11 is 1.22. The zero-order valence-electron chi connectivity index (χ0n) is 11.3. The Morgan fingerprint density at radius 3 is 2.76 bits per heavy atom. The van der Waals surface area contributed by atoms with Crippen LogP contribution in [0.15, 0.2) is 45.8 Å². The largest absolute Gasteiger partial charge is 0.409 e. The Balaban J connectivity index is 2.13. The number of sulfonamides is 1. The lowest BCUT2D eigenvalue weighted by Gasteiger charge is -2.06. The van der Waals surface area contributed by atoms with Crippen LogP contribution in [-0.4, -0.2) is 19.5 Å². The molecule has 0 spiro atoms. The zero-order valence-corrected chi connectivity index (χ0v) is 12.9. The Morgan fingerprint density at radius 2 is 2.14 bits per heavy atom. The van der Waals surface area contributed by atoms with E-state index in [0.717, 1.165) is 10.4 Å². The van der Waals surface area contributed by atoms with Crippen molar-refractivity contribution in [2.24, 2.45) is 10.9 Å². The van der Waals surface area contributed by atoms with Gasteiger partial charge >= 0.3 is 0 Å². The van der Waals surface area contributed by atoms with E-state index in [1.54, 1.807) is 36.4 Å². The Bertz CT molecular complexity index is 766. The molecular weight excluding hydrogens is 310 g/mol. The number of thiophene rings is 1. The number of rotatable bonds is 5. The molecule has 1 aromatic heterocycles. The molecule has 4 N–H and O–H groups in total. The van der Waals surface area contributed by atoms with Gasteiger partial charge in [-0.1, -0.05) is 23.4 Å². The van der Waals surface area contributed by atoms with Crippen molar-refractivity contribution in [1.82, 2.24) is 4.72 Å². The van der Waals surface area contributed by atoms with Crippen LogP contribution in [0.5, 0.6) is 0 Å². The topological polar surface area (TPSA) is 105 Å². The van der Waals surface area contributed by atoms with Gasteiger partial charge in [-0.25, -0.2) is 13.1 Å². The van der Waals surface area contributed by atoms with Crippen LogP contribution < -0.4 is 10.5 Å². The minimum absolute atomic E-state index is 0.0198. The summed E-state index contributed by atoms with van der Waals surface area (Å²) in [6.07, 6.45) is 0. The van der Waals surface area contributed by atoms with E-state index in [9.17, 15) is 8.42 Å². The number of oxime groups is 1. The monoisotopic (exact) mass is 325 g/mol. The average molecular weight is 325 g/mol. The van der Waals surface area contributed by atoms with Crippen molar-refractivity contribution in [2.45, 2.75) is 17.7 Å². The van der Waals surface area contributed by atoms with Crippen LogP contribution in [0.4, 0.5) is 0 Å². The van der Waals surface area contributed by atoms with Crippen LogP contribution in [0, 0.1) is 6.92 Å². The normalized spacial score (nSPS) is 12.5. The van der Waals surface area contributed by atoms with E-state index in [2.05, 4.69) is 9.88 Å². The van der Waals surface area contributed by atoms with E-state index in [1.165, 1.54) is 11.3 Å².